The van der Waals surface area contributed by atoms with E-state index in [9.17, 15) is 9.00 Å². The van der Waals surface area contributed by atoms with E-state index in [0.717, 1.165) is 12.8 Å². The zero-order valence-electron chi connectivity index (χ0n) is 10.7. The summed E-state index contributed by atoms with van der Waals surface area (Å²) in [6.45, 7) is 0.367. The lowest BCUT2D eigenvalue weighted by atomic mass is 10.2. The maximum atomic E-state index is 11.9. The lowest BCUT2D eigenvalue weighted by Crippen LogP contribution is -2.18. The summed E-state index contributed by atoms with van der Waals surface area (Å²) in [5, 5.41) is 9.19. The van der Waals surface area contributed by atoms with E-state index in [1.807, 2.05) is 0 Å². The first kappa shape index (κ1) is 14.1. The third-order valence-electron chi connectivity index (χ3n) is 3.31. The van der Waals surface area contributed by atoms with E-state index in [0.29, 0.717) is 23.4 Å². The Morgan fingerprint density at radius 1 is 1.37 bits per heavy atom. The molecule has 0 saturated heterocycles. The highest BCUT2D eigenvalue weighted by molar-refractivity contribution is 7.85. The van der Waals surface area contributed by atoms with E-state index in [4.69, 9.17) is 9.84 Å². The number of carbonyl (C=O) groups is 1. The van der Waals surface area contributed by atoms with Crippen molar-refractivity contribution < 1.29 is 18.8 Å². The van der Waals surface area contributed by atoms with Gasteiger partial charge in [-0.15, -0.1) is 0 Å². The minimum atomic E-state index is -0.972. The van der Waals surface area contributed by atoms with Crippen LogP contribution in [0, 0.1) is 0 Å². The standard InChI is InChI=1S/C14H18O4S/c15-14(16)11-4-3-5-12(10-11)18-8-9-19(17)13-6-1-2-7-13/h3-5,10,13H,1-2,6-9H2,(H,15,16). The molecule has 1 aliphatic carbocycles. The van der Waals surface area contributed by atoms with Crippen LogP contribution in [-0.4, -0.2) is 32.9 Å². The van der Waals surface area contributed by atoms with Gasteiger partial charge in [0.1, 0.15) is 5.75 Å². The highest BCUT2D eigenvalue weighted by Crippen LogP contribution is 2.23. The fourth-order valence-corrected chi connectivity index (χ4v) is 3.72. The fourth-order valence-electron chi connectivity index (χ4n) is 2.28. The summed E-state index contributed by atoms with van der Waals surface area (Å²) in [4.78, 5) is 10.8. The summed E-state index contributed by atoms with van der Waals surface area (Å²) >= 11 is 0. The first-order valence-corrected chi connectivity index (χ1v) is 7.88. The molecule has 0 spiro atoms. The van der Waals surface area contributed by atoms with E-state index >= 15 is 0 Å². The second kappa shape index (κ2) is 6.70. The van der Waals surface area contributed by atoms with Crippen LogP contribution in [0.25, 0.3) is 0 Å². The van der Waals surface area contributed by atoms with Crippen molar-refractivity contribution in [2.24, 2.45) is 0 Å². The number of ether oxygens (including phenoxy) is 1. The second-order valence-corrected chi connectivity index (χ2v) is 6.51. The van der Waals surface area contributed by atoms with Crippen molar-refractivity contribution >= 4 is 16.8 Å². The third kappa shape index (κ3) is 4.06. The number of aromatic carboxylic acids is 1. The van der Waals surface area contributed by atoms with Crippen molar-refractivity contribution in [3.63, 3.8) is 0 Å². The molecule has 1 N–H and O–H groups in total. The maximum Gasteiger partial charge on any atom is 0.335 e. The Bertz CT molecular complexity index is 466. The van der Waals surface area contributed by atoms with Crippen LogP contribution in [0.2, 0.25) is 0 Å². The van der Waals surface area contributed by atoms with Gasteiger partial charge in [-0.3, -0.25) is 4.21 Å². The first-order valence-electron chi connectivity index (χ1n) is 6.50. The van der Waals surface area contributed by atoms with Crippen LogP contribution in [-0.2, 0) is 10.8 Å². The summed E-state index contributed by atoms with van der Waals surface area (Å²) in [5.41, 5.74) is 0.203. The van der Waals surface area contributed by atoms with Crippen molar-refractivity contribution in [3.8, 4) is 5.75 Å². The van der Waals surface area contributed by atoms with E-state index < -0.39 is 16.8 Å². The summed E-state index contributed by atoms with van der Waals surface area (Å²) in [7, 11) is -0.824. The van der Waals surface area contributed by atoms with Gasteiger partial charge in [-0.05, 0) is 31.0 Å². The molecule has 0 radical (unpaired) electrons. The Labute approximate surface area is 115 Å². The molecule has 4 nitrogen and oxygen atoms in total. The average Bonchev–Trinajstić information content (AvgIpc) is 2.93. The van der Waals surface area contributed by atoms with Crippen molar-refractivity contribution in [1.82, 2.24) is 0 Å². The van der Waals surface area contributed by atoms with Crippen LogP contribution < -0.4 is 4.74 Å². The highest BCUT2D eigenvalue weighted by atomic mass is 32.2. The monoisotopic (exact) mass is 282 g/mol. The van der Waals surface area contributed by atoms with Crippen LogP contribution >= 0.6 is 0 Å². The number of carboxylic acids is 1. The summed E-state index contributed by atoms with van der Waals surface area (Å²) in [6, 6.07) is 6.37. The zero-order valence-corrected chi connectivity index (χ0v) is 11.5. The molecule has 1 aromatic rings. The van der Waals surface area contributed by atoms with E-state index in [-0.39, 0.29) is 5.56 Å². The lowest BCUT2D eigenvalue weighted by Gasteiger charge is -2.10. The first-order chi connectivity index (χ1) is 9.16. The van der Waals surface area contributed by atoms with Gasteiger partial charge in [0.05, 0.1) is 17.9 Å². The van der Waals surface area contributed by atoms with E-state index in [2.05, 4.69) is 0 Å². The lowest BCUT2D eigenvalue weighted by molar-refractivity contribution is 0.0696. The molecule has 5 heteroatoms. The zero-order chi connectivity index (χ0) is 13.7. The molecule has 1 aliphatic rings. The van der Waals surface area contributed by atoms with Gasteiger partial charge in [-0.2, -0.15) is 0 Å². The predicted molar refractivity (Wildman–Crippen MR) is 74.2 cm³/mol. The Kier molecular flexibility index (Phi) is 4.96. The Balaban J connectivity index is 1.80. The van der Waals surface area contributed by atoms with Gasteiger partial charge in [0.15, 0.2) is 0 Å². The molecule has 1 unspecified atom stereocenters. The number of hydrogen-bond acceptors (Lipinski definition) is 3. The molecule has 1 fully saturated rings. The number of benzene rings is 1. The largest absolute Gasteiger partial charge is 0.493 e. The topological polar surface area (TPSA) is 63.6 Å². The summed E-state index contributed by atoms with van der Waals surface area (Å²) in [5.74, 6) is 0.0606. The molecule has 2 rings (SSSR count). The van der Waals surface area contributed by atoms with Crippen LogP contribution in [0.4, 0.5) is 0 Å². The van der Waals surface area contributed by atoms with Crippen LogP contribution in [0.5, 0.6) is 5.75 Å². The SMILES string of the molecule is O=C(O)c1cccc(OCCS(=O)C2CCCC2)c1. The molecule has 19 heavy (non-hydrogen) atoms. The summed E-state index contributed by atoms with van der Waals surface area (Å²) in [6.07, 6.45) is 4.47. The predicted octanol–water partition coefficient (Wildman–Crippen LogP) is 2.45. The molecule has 104 valence electrons. The quantitative estimate of drug-likeness (QED) is 0.870. The Hall–Kier alpha value is -1.36. The van der Waals surface area contributed by atoms with Gasteiger partial charge < -0.3 is 9.84 Å². The Morgan fingerprint density at radius 2 is 2.11 bits per heavy atom. The van der Waals surface area contributed by atoms with Gasteiger partial charge in [0, 0.05) is 16.0 Å². The van der Waals surface area contributed by atoms with Crippen LogP contribution in [0.1, 0.15) is 36.0 Å². The molecule has 0 bridgehead atoms. The molecule has 0 aliphatic heterocycles. The minimum Gasteiger partial charge on any atom is -0.493 e. The second-order valence-electron chi connectivity index (χ2n) is 4.67. The average molecular weight is 282 g/mol. The molecule has 1 aromatic carbocycles. The fraction of sp³-hybridized carbons (Fsp3) is 0.500. The van der Waals surface area contributed by atoms with Gasteiger partial charge in [-0.1, -0.05) is 18.9 Å². The van der Waals surface area contributed by atoms with Crippen molar-refractivity contribution in [2.45, 2.75) is 30.9 Å². The summed E-state index contributed by atoms with van der Waals surface area (Å²) < 4.78 is 17.4. The van der Waals surface area contributed by atoms with Gasteiger partial charge in [0.2, 0.25) is 0 Å². The van der Waals surface area contributed by atoms with Gasteiger partial charge in [0.25, 0.3) is 0 Å². The van der Waals surface area contributed by atoms with Crippen molar-refractivity contribution in [1.29, 1.82) is 0 Å². The van der Waals surface area contributed by atoms with Gasteiger partial charge >= 0.3 is 5.97 Å². The Morgan fingerprint density at radius 3 is 2.79 bits per heavy atom. The van der Waals surface area contributed by atoms with Crippen LogP contribution in [0.3, 0.4) is 0 Å². The highest BCUT2D eigenvalue weighted by Gasteiger charge is 2.20. The molecular weight excluding hydrogens is 264 g/mol. The number of rotatable bonds is 6. The molecule has 1 atom stereocenters. The molecule has 0 heterocycles. The van der Waals surface area contributed by atoms with Crippen molar-refractivity contribution in [2.75, 3.05) is 12.4 Å². The van der Waals surface area contributed by atoms with E-state index in [1.54, 1.807) is 12.1 Å². The molecule has 1 saturated carbocycles. The molecular formula is C14H18O4S. The molecule has 0 amide bonds. The maximum absolute atomic E-state index is 11.9. The molecule has 0 aromatic heterocycles. The van der Waals surface area contributed by atoms with E-state index in [1.165, 1.54) is 25.0 Å². The smallest absolute Gasteiger partial charge is 0.335 e. The minimum absolute atomic E-state index is 0.203. The number of hydrogen-bond donors (Lipinski definition) is 1. The van der Waals surface area contributed by atoms with Gasteiger partial charge in [-0.25, -0.2) is 4.79 Å². The normalized spacial score (nSPS) is 17.3. The number of carboxylic acid groups (broad SMARTS) is 1. The third-order valence-corrected chi connectivity index (χ3v) is 5.09. The van der Waals surface area contributed by atoms with Crippen molar-refractivity contribution in [3.05, 3.63) is 29.8 Å². The van der Waals surface area contributed by atoms with Crippen LogP contribution in [0.15, 0.2) is 24.3 Å².